The van der Waals surface area contributed by atoms with Gasteiger partial charge in [-0.25, -0.2) is 0 Å². The van der Waals surface area contributed by atoms with Crippen LogP contribution in [0.15, 0.2) is 22.9 Å². The minimum absolute atomic E-state index is 0.0983. The van der Waals surface area contributed by atoms with E-state index in [-0.39, 0.29) is 6.61 Å². The largest absolute Gasteiger partial charge is 0.384 e. The monoisotopic (exact) mass is 265 g/mol. The molecule has 1 N–H and O–H groups in total. The molecule has 0 fully saturated rings. The van der Waals surface area contributed by atoms with E-state index in [0.29, 0.717) is 0 Å². The zero-order valence-corrected chi connectivity index (χ0v) is 10.9. The van der Waals surface area contributed by atoms with E-state index in [4.69, 9.17) is 5.11 Å². The van der Waals surface area contributed by atoms with Crippen molar-refractivity contribution in [3.05, 3.63) is 28.2 Å². The summed E-state index contributed by atoms with van der Waals surface area (Å²) in [7, 11) is 1.93. The summed E-state index contributed by atoms with van der Waals surface area (Å²) in [5.74, 6) is 6.38. The Morgan fingerprint density at radius 1 is 1.59 bits per heavy atom. The van der Waals surface area contributed by atoms with Crippen LogP contribution in [0.4, 0.5) is 0 Å². The van der Waals surface area contributed by atoms with Crippen LogP contribution in [0.1, 0.15) is 10.4 Å². The van der Waals surface area contributed by atoms with Gasteiger partial charge in [-0.05, 0) is 6.07 Å². The predicted molar refractivity (Wildman–Crippen MR) is 68.8 cm³/mol. The highest BCUT2D eigenvalue weighted by Crippen LogP contribution is 2.24. The number of aliphatic hydroxyl groups excluding tert-OH is 1. The molecule has 0 saturated carbocycles. The van der Waals surface area contributed by atoms with Crippen molar-refractivity contribution in [1.82, 2.24) is 14.8 Å². The van der Waals surface area contributed by atoms with Crippen LogP contribution in [0.3, 0.4) is 0 Å². The van der Waals surface area contributed by atoms with Crippen LogP contribution in [0.5, 0.6) is 0 Å². The Balaban J connectivity index is 1.96. The van der Waals surface area contributed by atoms with Gasteiger partial charge in [-0.1, -0.05) is 23.6 Å². The number of aromatic nitrogens is 3. The third-order valence-electron chi connectivity index (χ3n) is 1.98. The first kappa shape index (κ1) is 12.2. The number of hydrogen-bond acceptors (Lipinski definition) is 5. The topological polar surface area (TPSA) is 50.9 Å². The number of aryl methyl sites for hydroxylation is 1. The molecule has 0 unspecified atom stereocenters. The van der Waals surface area contributed by atoms with Crippen molar-refractivity contribution in [2.75, 3.05) is 6.61 Å². The third-order valence-corrected chi connectivity index (χ3v) is 4.18. The van der Waals surface area contributed by atoms with E-state index in [1.807, 2.05) is 23.1 Å². The molecule has 6 heteroatoms. The Hall–Kier alpha value is -1.29. The smallest absolute Gasteiger partial charge is 0.191 e. The molecule has 0 spiro atoms. The van der Waals surface area contributed by atoms with Gasteiger partial charge < -0.3 is 9.67 Å². The molecule has 17 heavy (non-hydrogen) atoms. The van der Waals surface area contributed by atoms with Crippen LogP contribution in [-0.4, -0.2) is 26.5 Å². The Morgan fingerprint density at radius 2 is 2.47 bits per heavy atom. The van der Waals surface area contributed by atoms with Crippen LogP contribution in [-0.2, 0) is 12.8 Å². The second-order valence-corrected chi connectivity index (χ2v) is 5.21. The van der Waals surface area contributed by atoms with Crippen LogP contribution in [0, 0.1) is 11.8 Å². The van der Waals surface area contributed by atoms with Gasteiger partial charge >= 0.3 is 0 Å². The fourth-order valence-corrected chi connectivity index (χ4v) is 2.96. The van der Waals surface area contributed by atoms with Gasteiger partial charge in [-0.2, -0.15) is 0 Å². The molecule has 0 aliphatic heterocycles. The predicted octanol–water partition coefficient (Wildman–Crippen LogP) is 1.51. The van der Waals surface area contributed by atoms with Crippen molar-refractivity contribution in [2.24, 2.45) is 7.05 Å². The Kier molecular flexibility index (Phi) is 4.20. The normalized spacial score (nSPS) is 10.0. The van der Waals surface area contributed by atoms with E-state index < -0.39 is 0 Å². The molecule has 2 rings (SSSR count). The molecule has 4 nitrogen and oxygen atoms in total. The van der Waals surface area contributed by atoms with Crippen LogP contribution < -0.4 is 0 Å². The maximum absolute atomic E-state index is 8.60. The summed E-state index contributed by atoms with van der Waals surface area (Å²) in [6.45, 7) is -0.0983. The van der Waals surface area contributed by atoms with Crippen LogP contribution >= 0.6 is 23.1 Å². The number of thiophene rings is 1. The molecule has 88 valence electrons. The number of hydrogen-bond donors (Lipinski definition) is 1. The standard InChI is InChI=1S/C11H11N3OS2/c1-14-8-12-13-11(14)17-7-10-5-9(6-16-10)3-2-4-15/h5-6,8,15H,4,7H2,1H3. The van der Waals surface area contributed by atoms with Crippen molar-refractivity contribution in [3.8, 4) is 11.8 Å². The van der Waals surface area contributed by atoms with E-state index >= 15 is 0 Å². The maximum Gasteiger partial charge on any atom is 0.191 e. The van der Waals surface area contributed by atoms with Crippen molar-refractivity contribution >= 4 is 23.1 Å². The molecule has 0 atom stereocenters. The molecule has 2 heterocycles. The summed E-state index contributed by atoms with van der Waals surface area (Å²) >= 11 is 3.31. The Bertz CT molecular complexity index is 550. The van der Waals surface area contributed by atoms with Crippen molar-refractivity contribution < 1.29 is 5.11 Å². The first-order valence-electron chi connectivity index (χ1n) is 4.93. The highest BCUT2D eigenvalue weighted by molar-refractivity contribution is 7.98. The molecule has 0 saturated heterocycles. The molecule has 0 aliphatic carbocycles. The second kappa shape index (κ2) is 5.87. The molecule has 0 bridgehead atoms. The third kappa shape index (κ3) is 3.33. The van der Waals surface area contributed by atoms with E-state index in [1.54, 1.807) is 29.4 Å². The lowest BCUT2D eigenvalue weighted by Gasteiger charge is -1.97. The van der Waals surface area contributed by atoms with Gasteiger partial charge in [-0.15, -0.1) is 21.5 Å². The van der Waals surface area contributed by atoms with Crippen LogP contribution in [0.25, 0.3) is 0 Å². The molecule has 2 aromatic rings. The lowest BCUT2D eigenvalue weighted by molar-refractivity contribution is 0.350. The summed E-state index contributed by atoms with van der Waals surface area (Å²) in [5.41, 5.74) is 0.956. The molecule has 2 aromatic heterocycles. The van der Waals surface area contributed by atoms with E-state index in [1.165, 1.54) is 4.88 Å². The quantitative estimate of drug-likeness (QED) is 0.675. The molecule has 0 aromatic carbocycles. The van der Waals surface area contributed by atoms with Gasteiger partial charge in [0.15, 0.2) is 5.16 Å². The van der Waals surface area contributed by atoms with Crippen molar-refractivity contribution in [2.45, 2.75) is 10.9 Å². The summed E-state index contributed by atoms with van der Waals surface area (Å²) in [6.07, 6.45) is 1.69. The lowest BCUT2D eigenvalue weighted by Crippen LogP contribution is -1.88. The molecule has 0 amide bonds. The first-order valence-corrected chi connectivity index (χ1v) is 6.80. The number of thioether (sulfide) groups is 1. The van der Waals surface area contributed by atoms with E-state index in [0.717, 1.165) is 16.5 Å². The number of aliphatic hydroxyl groups is 1. The van der Waals surface area contributed by atoms with Gasteiger partial charge in [-0.3, -0.25) is 0 Å². The summed E-state index contributed by atoms with van der Waals surface area (Å²) in [4.78, 5) is 1.24. The molecular weight excluding hydrogens is 254 g/mol. The number of nitrogens with zero attached hydrogens (tertiary/aromatic N) is 3. The van der Waals surface area contributed by atoms with E-state index in [2.05, 4.69) is 22.0 Å². The van der Waals surface area contributed by atoms with Gasteiger partial charge in [0.25, 0.3) is 0 Å². The SMILES string of the molecule is Cn1cnnc1SCc1cc(C#CCO)cs1. The summed E-state index contributed by atoms with van der Waals surface area (Å²) in [6, 6.07) is 2.04. The highest BCUT2D eigenvalue weighted by atomic mass is 32.2. The first-order chi connectivity index (χ1) is 8.29. The lowest BCUT2D eigenvalue weighted by atomic mass is 10.3. The van der Waals surface area contributed by atoms with Gasteiger partial charge in [0.2, 0.25) is 0 Å². The molecule has 0 radical (unpaired) electrons. The molecule has 0 aliphatic rings. The molecular formula is C11H11N3OS2. The zero-order valence-electron chi connectivity index (χ0n) is 9.25. The van der Waals surface area contributed by atoms with Crippen molar-refractivity contribution in [3.63, 3.8) is 0 Å². The van der Waals surface area contributed by atoms with Gasteiger partial charge in [0.05, 0.1) is 0 Å². The minimum atomic E-state index is -0.0983. The highest BCUT2D eigenvalue weighted by Gasteiger charge is 2.03. The van der Waals surface area contributed by atoms with Gasteiger partial charge in [0.1, 0.15) is 12.9 Å². The average molecular weight is 265 g/mol. The fraction of sp³-hybridized carbons (Fsp3) is 0.273. The summed E-state index contributed by atoms with van der Waals surface area (Å²) < 4.78 is 1.89. The number of rotatable bonds is 3. The minimum Gasteiger partial charge on any atom is -0.384 e. The Morgan fingerprint density at radius 3 is 3.18 bits per heavy atom. The second-order valence-electron chi connectivity index (χ2n) is 3.27. The van der Waals surface area contributed by atoms with Gasteiger partial charge in [0, 0.05) is 28.6 Å². The average Bonchev–Trinajstić information content (AvgIpc) is 2.93. The van der Waals surface area contributed by atoms with E-state index in [9.17, 15) is 0 Å². The Labute approximate surface area is 108 Å². The summed E-state index contributed by atoms with van der Waals surface area (Å²) in [5, 5.41) is 19.3. The maximum atomic E-state index is 8.60. The fourth-order valence-electron chi connectivity index (χ4n) is 1.20. The van der Waals surface area contributed by atoms with Crippen LogP contribution in [0.2, 0.25) is 0 Å². The van der Waals surface area contributed by atoms with Crippen molar-refractivity contribution in [1.29, 1.82) is 0 Å². The zero-order chi connectivity index (χ0) is 12.1.